The molecule has 1 heterocycles. The first-order valence-electron chi connectivity index (χ1n) is 5.05. The fourth-order valence-corrected chi connectivity index (χ4v) is 2.13. The number of hydrogen-bond donors (Lipinski definition) is 1. The number of carboxylic acids is 1. The van der Waals surface area contributed by atoms with Crippen LogP contribution in [-0.2, 0) is 9.59 Å². The average molecular weight is 199 g/mol. The van der Waals surface area contributed by atoms with E-state index in [0.717, 1.165) is 19.3 Å². The summed E-state index contributed by atoms with van der Waals surface area (Å²) in [5.74, 6) is -1.29. The zero-order valence-electron chi connectivity index (χ0n) is 8.69. The van der Waals surface area contributed by atoms with Crippen LogP contribution in [0.15, 0.2) is 0 Å². The van der Waals surface area contributed by atoms with Gasteiger partial charge in [0.2, 0.25) is 5.91 Å². The van der Waals surface area contributed by atoms with Gasteiger partial charge in [-0.15, -0.1) is 0 Å². The summed E-state index contributed by atoms with van der Waals surface area (Å²) in [6.45, 7) is 3.96. The van der Waals surface area contributed by atoms with Crippen LogP contribution in [0.4, 0.5) is 0 Å². The normalized spacial score (nSPS) is 27.4. The molecular weight excluding hydrogens is 182 g/mol. The van der Waals surface area contributed by atoms with Gasteiger partial charge in [0.15, 0.2) is 0 Å². The van der Waals surface area contributed by atoms with Gasteiger partial charge in [-0.05, 0) is 33.1 Å². The maximum absolute atomic E-state index is 11.6. The Hall–Kier alpha value is -1.06. The molecule has 1 aliphatic heterocycles. The summed E-state index contributed by atoms with van der Waals surface area (Å²) in [4.78, 5) is 23.7. The van der Waals surface area contributed by atoms with E-state index in [2.05, 4.69) is 0 Å². The quantitative estimate of drug-likeness (QED) is 0.681. The van der Waals surface area contributed by atoms with E-state index >= 15 is 0 Å². The minimum absolute atomic E-state index is 0.186. The molecule has 0 aromatic rings. The SMILES string of the molecule is C[C@@H]1CCC[C@H](C)N1C(=O)CC(=O)O. The van der Waals surface area contributed by atoms with Crippen molar-refractivity contribution in [2.45, 2.75) is 51.6 Å². The van der Waals surface area contributed by atoms with Crippen molar-refractivity contribution in [3.63, 3.8) is 0 Å². The van der Waals surface area contributed by atoms with E-state index < -0.39 is 5.97 Å². The Morgan fingerprint density at radius 1 is 1.29 bits per heavy atom. The van der Waals surface area contributed by atoms with E-state index in [4.69, 9.17) is 5.11 Å². The lowest BCUT2D eigenvalue weighted by Crippen LogP contribution is -2.48. The highest BCUT2D eigenvalue weighted by Gasteiger charge is 2.29. The van der Waals surface area contributed by atoms with Crippen molar-refractivity contribution in [2.24, 2.45) is 0 Å². The van der Waals surface area contributed by atoms with Gasteiger partial charge >= 0.3 is 5.97 Å². The molecule has 0 aliphatic carbocycles. The number of likely N-dealkylation sites (tertiary alicyclic amines) is 1. The molecule has 0 aromatic carbocycles. The molecule has 4 heteroatoms. The third kappa shape index (κ3) is 2.47. The molecule has 1 aliphatic rings. The van der Waals surface area contributed by atoms with Crippen LogP contribution in [0.3, 0.4) is 0 Å². The first-order chi connectivity index (χ1) is 6.52. The molecular formula is C10H17NO3. The van der Waals surface area contributed by atoms with Gasteiger partial charge in [0.1, 0.15) is 6.42 Å². The summed E-state index contributed by atoms with van der Waals surface area (Å²) >= 11 is 0. The van der Waals surface area contributed by atoms with Crippen molar-refractivity contribution < 1.29 is 14.7 Å². The van der Waals surface area contributed by atoms with Crippen molar-refractivity contribution in [3.8, 4) is 0 Å². The molecule has 4 nitrogen and oxygen atoms in total. The summed E-state index contributed by atoms with van der Waals surface area (Å²) in [7, 11) is 0. The topological polar surface area (TPSA) is 57.6 Å². The molecule has 80 valence electrons. The first kappa shape index (κ1) is 11.0. The Bertz CT molecular complexity index is 230. The summed E-state index contributed by atoms with van der Waals surface area (Å²) in [5.41, 5.74) is 0. The molecule has 1 rings (SSSR count). The van der Waals surface area contributed by atoms with Crippen LogP contribution in [0.25, 0.3) is 0 Å². The maximum atomic E-state index is 11.6. The van der Waals surface area contributed by atoms with Gasteiger partial charge in [-0.2, -0.15) is 0 Å². The van der Waals surface area contributed by atoms with E-state index in [9.17, 15) is 9.59 Å². The van der Waals surface area contributed by atoms with Crippen molar-refractivity contribution in [1.29, 1.82) is 0 Å². The van der Waals surface area contributed by atoms with Crippen molar-refractivity contribution >= 4 is 11.9 Å². The first-order valence-corrected chi connectivity index (χ1v) is 5.05. The number of amides is 1. The minimum atomic E-state index is -1.04. The molecule has 0 unspecified atom stereocenters. The van der Waals surface area contributed by atoms with Gasteiger partial charge in [-0.25, -0.2) is 0 Å². The fraction of sp³-hybridized carbons (Fsp3) is 0.800. The van der Waals surface area contributed by atoms with Gasteiger partial charge < -0.3 is 10.0 Å². The molecule has 0 radical (unpaired) electrons. The number of carboxylic acid groups (broad SMARTS) is 1. The molecule has 1 N–H and O–H groups in total. The number of aliphatic carboxylic acids is 1. The van der Waals surface area contributed by atoms with Gasteiger partial charge in [-0.1, -0.05) is 0 Å². The van der Waals surface area contributed by atoms with E-state index in [1.807, 2.05) is 13.8 Å². The maximum Gasteiger partial charge on any atom is 0.312 e. The lowest BCUT2D eigenvalue weighted by atomic mass is 9.97. The molecule has 1 amide bonds. The summed E-state index contributed by atoms with van der Waals surface area (Å²) in [5, 5.41) is 8.54. The number of rotatable bonds is 2. The predicted molar refractivity (Wildman–Crippen MR) is 51.9 cm³/mol. The standard InChI is InChI=1S/C10H17NO3/c1-7-4-3-5-8(2)11(7)9(12)6-10(13)14/h7-8H,3-6H2,1-2H3,(H,13,14)/t7-,8+. The number of piperidine rings is 1. The molecule has 14 heavy (non-hydrogen) atoms. The van der Waals surface area contributed by atoms with Crippen LogP contribution in [0, 0.1) is 0 Å². The molecule has 0 spiro atoms. The Morgan fingerprint density at radius 2 is 1.79 bits per heavy atom. The highest BCUT2D eigenvalue weighted by Crippen LogP contribution is 2.22. The van der Waals surface area contributed by atoms with E-state index in [0.29, 0.717) is 0 Å². The zero-order valence-corrected chi connectivity index (χ0v) is 8.69. The number of hydrogen-bond acceptors (Lipinski definition) is 2. The van der Waals surface area contributed by atoms with Crippen LogP contribution in [0.5, 0.6) is 0 Å². The Morgan fingerprint density at radius 3 is 2.21 bits per heavy atom. The van der Waals surface area contributed by atoms with Crippen molar-refractivity contribution in [1.82, 2.24) is 4.90 Å². The lowest BCUT2D eigenvalue weighted by Gasteiger charge is -2.38. The molecule has 0 saturated carbocycles. The van der Waals surface area contributed by atoms with Crippen LogP contribution < -0.4 is 0 Å². The molecule has 1 saturated heterocycles. The van der Waals surface area contributed by atoms with Crippen LogP contribution in [-0.4, -0.2) is 34.0 Å². The highest BCUT2D eigenvalue weighted by atomic mass is 16.4. The van der Waals surface area contributed by atoms with Crippen molar-refractivity contribution in [3.05, 3.63) is 0 Å². The summed E-state index contributed by atoms with van der Waals surface area (Å²) in [6, 6.07) is 0.371. The van der Waals surface area contributed by atoms with Crippen molar-refractivity contribution in [2.75, 3.05) is 0 Å². The van der Waals surface area contributed by atoms with E-state index in [1.165, 1.54) is 0 Å². The van der Waals surface area contributed by atoms with Gasteiger partial charge in [-0.3, -0.25) is 9.59 Å². The second-order valence-electron chi connectivity index (χ2n) is 4.00. The Balaban J connectivity index is 2.62. The highest BCUT2D eigenvalue weighted by molar-refractivity contribution is 5.93. The molecule has 0 bridgehead atoms. The monoisotopic (exact) mass is 199 g/mol. The molecule has 0 aromatic heterocycles. The third-order valence-electron chi connectivity index (χ3n) is 2.78. The fourth-order valence-electron chi connectivity index (χ4n) is 2.13. The Kier molecular flexibility index (Phi) is 3.49. The number of carbonyl (C=O) groups is 2. The number of nitrogens with zero attached hydrogens (tertiary/aromatic N) is 1. The van der Waals surface area contributed by atoms with E-state index in [-0.39, 0.29) is 24.4 Å². The Labute approximate surface area is 83.9 Å². The van der Waals surface area contributed by atoms with Gasteiger partial charge in [0.05, 0.1) is 0 Å². The zero-order chi connectivity index (χ0) is 10.7. The molecule has 2 atom stereocenters. The van der Waals surface area contributed by atoms with E-state index in [1.54, 1.807) is 4.90 Å². The second-order valence-corrected chi connectivity index (χ2v) is 4.00. The smallest absolute Gasteiger partial charge is 0.312 e. The van der Waals surface area contributed by atoms with Crippen LogP contribution in [0.2, 0.25) is 0 Å². The summed E-state index contributed by atoms with van der Waals surface area (Å²) < 4.78 is 0. The molecule has 1 fully saturated rings. The van der Waals surface area contributed by atoms with Gasteiger partial charge in [0, 0.05) is 12.1 Å². The van der Waals surface area contributed by atoms with Crippen LogP contribution in [0.1, 0.15) is 39.5 Å². The van der Waals surface area contributed by atoms with Crippen LogP contribution >= 0.6 is 0 Å². The predicted octanol–water partition coefficient (Wildman–Crippen LogP) is 1.25. The lowest BCUT2D eigenvalue weighted by molar-refractivity contribution is -0.147. The third-order valence-corrected chi connectivity index (χ3v) is 2.78. The average Bonchev–Trinajstić information content (AvgIpc) is 2.01. The minimum Gasteiger partial charge on any atom is -0.481 e. The number of carbonyl (C=O) groups excluding carboxylic acids is 1. The second kappa shape index (κ2) is 4.44. The largest absolute Gasteiger partial charge is 0.481 e. The van der Waals surface area contributed by atoms with Gasteiger partial charge in [0.25, 0.3) is 0 Å². The summed E-state index contributed by atoms with van der Waals surface area (Å²) in [6.07, 6.45) is 2.71.